The summed E-state index contributed by atoms with van der Waals surface area (Å²) in [7, 11) is -1.61. The lowest BCUT2D eigenvalue weighted by atomic mass is 9.89. The van der Waals surface area contributed by atoms with E-state index in [0.29, 0.717) is 5.75 Å². The van der Waals surface area contributed by atoms with Crippen molar-refractivity contribution < 1.29 is 12.6 Å². The van der Waals surface area contributed by atoms with E-state index in [2.05, 4.69) is 22.7 Å². The number of hydrogen-bond acceptors (Lipinski definition) is 4. The molecule has 1 aliphatic carbocycles. The van der Waals surface area contributed by atoms with Crippen molar-refractivity contribution in [1.82, 2.24) is 9.47 Å². The molecule has 1 saturated carbocycles. The minimum absolute atomic E-state index is 0. The molecule has 1 aliphatic heterocycles. The van der Waals surface area contributed by atoms with Gasteiger partial charge in [0.25, 0.3) is 0 Å². The SMILES string of the molecule is CN1CCCCC1.Cl.O=S(=O)(Oc1ccc2c(ccn2CC2CCCCC2)c1)c1ccccc1. The van der Waals surface area contributed by atoms with Crippen molar-refractivity contribution in [3.05, 3.63) is 60.8 Å². The lowest BCUT2D eigenvalue weighted by Crippen LogP contribution is -2.24. The Kier molecular flexibility index (Phi) is 9.86. The zero-order valence-corrected chi connectivity index (χ0v) is 21.7. The fourth-order valence-electron chi connectivity index (χ4n) is 4.85. The van der Waals surface area contributed by atoms with E-state index in [9.17, 15) is 8.42 Å². The molecule has 0 atom stereocenters. The average Bonchev–Trinajstić information content (AvgIpc) is 3.23. The first-order valence-corrected chi connectivity index (χ1v) is 13.7. The molecule has 0 radical (unpaired) electrons. The van der Waals surface area contributed by atoms with Crippen LogP contribution in [0.1, 0.15) is 51.4 Å². The fourth-order valence-corrected chi connectivity index (χ4v) is 5.79. The Morgan fingerprint density at radius 1 is 0.882 bits per heavy atom. The molecule has 5 rings (SSSR count). The van der Waals surface area contributed by atoms with Gasteiger partial charge >= 0.3 is 10.1 Å². The maximum absolute atomic E-state index is 12.4. The summed E-state index contributed by atoms with van der Waals surface area (Å²) in [5.41, 5.74) is 1.13. The molecule has 0 N–H and O–H groups in total. The molecule has 1 aromatic heterocycles. The maximum atomic E-state index is 12.4. The Hall–Kier alpha value is -2.02. The second kappa shape index (κ2) is 12.6. The van der Waals surface area contributed by atoms with Crippen LogP contribution in [0.4, 0.5) is 0 Å². The molecule has 1 saturated heterocycles. The van der Waals surface area contributed by atoms with Crippen LogP contribution in [-0.2, 0) is 16.7 Å². The van der Waals surface area contributed by atoms with Crippen LogP contribution in [0.2, 0.25) is 0 Å². The van der Waals surface area contributed by atoms with Gasteiger partial charge in [0.05, 0.1) is 0 Å². The third kappa shape index (κ3) is 7.24. The van der Waals surface area contributed by atoms with Crippen molar-refractivity contribution >= 4 is 33.4 Å². The van der Waals surface area contributed by atoms with Gasteiger partial charge < -0.3 is 13.7 Å². The third-order valence-electron chi connectivity index (χ3n) is 6.74. The number of hydrogen-bond donors (Lipinski definition) is 0. The van der Waals surface area contributed by atoms with Crippen molar-refractivity contribution in [1.29, 1.82) is 0 Å². The highest BCUT2D eigenvalue weighted by Crippen LogP contribution is 2.29. The number of piperidine rings is 1. The van der Waals surface area contributed by atoms with E-state index in [4.69, 9.17) is 4.18 Å². The van der Waals surface area contributed by atoms with E-state index in [-0.39, 0.29) is 17.3 Å². The molecule has 2 aliphatic rings. The van der Waals surface area contributed by atoms with Gasteiger partial charge in [-0.2, -0.15) is 8.42 Å². The molecule has 3 aromatic rings. The summed E-state index contributed by atoms with van der Waals surface area (Å²) in [4.78, 5) is 2.55. The van der Waals surface area contributed by atoms with Crippen molar-refractivity contribution in [3.8, 4) is 5.75 Å². The molecule has 2 aromatic carbocycles. The van der Waals surface area contributed by atoms with Crippen LogP contribution in [0.5, 0.6) is 5.75 Å². The van der Waals surface area contributed by atoms with E-state index in [1.807, 2.05) is 12.1 Å². The zero-order valence-electron chi connectivity index (χ0n) is 20.1. The smallest absolute Gasteiger partial charge is 0.339 e. The minimum atomic E-state index is -3.80. The highest BCUT2D eigenvalue weighted by molar-refractivity contribution is 7.87. The van der Waals surface area contributed by atoms with Gasteiger partial charge in [0.1, 0.15) is 10.6 Å². The summed E-state index contributed by atoms with van der Waals surface area (Å²) in [5, 5.41) is 1.00. The van der Waals surface area contributed by atoms with Gasteiger partial charge in [0, 0.05) is 23.6 Å². The highest BCUT2D eigenvalue weighted by atomic mass is 35.5. The Morgan fingerprint density at radius 3 is 2.21 bits per heavy atom. The van der Waals surface area contributed by atoms with Crippen LogP contribution >= 0.6 is 12.4 Å². The first-order valence-electron chi connectivity index (χ1n) is 12.3. The Bertz CT molecular complexity index is 1120. The molecule has 7 heteroatoms. The second-order valence-electron chi connectivity index (χ2n) is 9.41. The zero-order chi connectivity index (χ0) is 23.1. The fraction of sp³-hybridized carbons (Fsp3) is 0.481. The largest absolute Gasteiger partial charge is 0.379 e. The number of benzene rings is 2. The summed E-state index contributed by atoms with van der Waals surface area (Å²) in [5.74, 6) is 1.09. The molecular weight excluding hydrogens is 468 g/mol. The number of rotatable bonds is 5. The van der Waals surface area contributed by atoms with Gasteiger partial charge in [-0.25, -0.2) is 0 Å². The second-order valence-corrected chi connectivity index (χ2v) is 11.0. The summed E-state index contributed by atoms with van der Waals surface area (Å²) in [6.45, 7) is 3.67. The van der Waals surface area contributed by atoms with E-state index in [1.165, 1.54) is 76.6 Å². The third-order valence-corrected chi connectivity index (χ3v) is 8.00. The van der Waals surface area contributed by atoms with Crippen LogP contribution in [0.15, 0.2) is 65.7 Å². The average molecular weight is 505 g/mol. The molecule has 0 amide bonds. The van der Waals surface area contributed by atoms with Crippen LogP contribution in [0.25, 0.3) is 10.9 Å². The highest BCUT2D eigenvalue weighted by Gasteiger charge is 2.18. The van der Waals surface area contributed by atoms with E-state index >= 15 is 0 Å². The predicted molar refractivity (Wildman–Crippen MR) is 141 cm³/mol. The van der Waals surface area contributed by atoms with Crippen molar-refractivity contribution in [2.45, 2.75) is 62.8 Å². The summed E-state index contributed by atoms with van der Waals surface area (Å²) in [6, 6.07) is 15.7. The normalized spacial score (nSPS) is 17.4. The lowest BCUT2D eigenvalue weighted by Gasteiger charge is -2.22. The Morgan fingerprint density at radius 2 is 1.56 bits per heavy atom. The van der Waals surface area contributed by atoms with Crippen LogP contribution in [0, 0.1) is 5.92 Å². The minimum Gasteiger partial charge on any atom is -0.379 e. The number of fused-ring (bicyclic) bond motifs is 1. The van der Waals surface area contributed by atoms with Gasteiger partial charge in [0.2, 0.25) is 0 Å². The maximum Gasteiger partial charge on any atom is 0.339 e. The first-order chi connectivity index (χ1) is 16.0. The van der Waals surface area contributed by atoms with E-state index in [0.717, 1.165) is 23.4 Å². The molecular formula is C27H37ClN2O3S. The molecule has 2 heterocycles. The summed E-state index contributed by atoms with van der Waals surface area (Å²) < 4.78 is 32.4. The molecule has 34 heavy (non-hydrogen) atoms. The van der Waals surface area contributed by atoms with Gasteiger partial charge in [-0.05, 0) is 88.1 Å². The topological polar surface area (TPSA) is 51.5 Å². The monoisotopic (exact) mass is 504 g/mol. The first kappa shape index (κ1) is 26.6. The van der Waals surface area contributed by atoms with Crippen LogP contribution in [-0.4, -0.2) is 38.0 Å². The number of aromatic nitrogens is 1. The van der Waals surface area contributed by atoms with E-state index in [1.54, 1.807) is 30.3 Å². The van der Waals surface area contributed by atoms with Crippen molar-refractivity contribution in [2.24, 2.45) is 5.92 Å². The molecule has 5 nitrogen and oxygen atoms in total. The van der Waals surface area contributed by atoms with Gasteiger partial charge in [-0.3, -0.25) is 0 Å². The molecule has 186 valence electrons. The summed E-state index contributed by atoms with van der Waals surface area (Å²) >= 11 is 0. The predicted octanol–water partition coefficient (Wildman–Crippen LogP) is 6.51. The summed E-state index contributed by atoms with van der Waals surface area (Å²) in [6.07, 6.45) is 13.0. The quantitative estimate of drug-likeness (QED) is 0.371. The van der Waals surface area contributed by atoms with Crippen molar-refractivity contribution in [2.75, 3.05) is 20.1 Å². The van der Waals surface area contributed by atoms with Crippen LogP contribution in [0.3, 0.4) is 0 Å². The Balaban J connectivity index is 0.000000350. The number of halogens is 1. The molecule has 0 bridgehead atoms. The number of likely N-dealkylation sites (tertiary alicyclic amines) is 1. The van der Waals surface area contributed by atoms with Gasteiger partial charge in [-0.1, -0.05) is 43.9 Å². The van der Waals surface area contributed by atoms with Gasteiger partial charge in [0.15, 0.2) is 0 Å². The molecule has 0 spiro atoms. The number of nitrogens with zero attached hydrogens (tertiary/aromatic N) is 2. The Labute approximate surface area is 210 Å². The van der Waals surface area contributed by atoms with E-state index < -0.39 is 10.1 Å². The standard InChI is InChI=1S/C21H23NO3S.C6H13N.ClH/c23-26(24,20-9-5-2-6-10-20)25-19-11-12-21-18(15-19)13-14-22(21)16-17-7-3-1-4-8-17;1-7-5-3-2-4-6-7;/h2,5-6,9-15,17H,1,3-4,7-8,16H2;2-6H2,1H3;1H. The lowest BCUT2D eigenvalue weighted by molar-refractivity contribution is 0.277. The van der Waals surface area contributed by atoms with Crippen LogP contribution < -0.4 is 4.18 Å². The van der Waals surface area contributed by atoms with Gasteiger partial charge in [-0.15, -0.1) is 12.4 Å². The molecule has 0 unspecified atom stereocenters. The van der Waals surface area contributed by atoms with Crippen molar-refractivity contribution in [3.63, 3.8) is 0 Å². The molecule has 2 fully saturated rings.